The van der Waals surface area contributed by atoms with E-state index in [9.17, 15) is 0 Å². The highest BCUT2D eigenvalue weighted by atomic mass is 28.6. The Morgan fingerprint density at radius 1 is 0.274 bits per heavy atom. The molecule has 0 spiro atoms. The Kier molecular flexibility index (Phi) is 10.8. The average Bonchev–Trinajstić information content (AvgIpc) is 4.11. The monoisotopic (exact) mass is 990 g/mol. The van der Waals surface area contributed by atoms with Crippen molar-refractivity contribution in [2.24, 2.45) is 0 Å². The van der Waals surface area contributed by atoms with Crippen molar-refractivity contribution in [1.29, 1.82) is 0 Å². The van der Waals surface area contributed by atoms with E-state index in [2.05, 4.69) is 31.2 Å². The lowest BCUT2D eigenvalue weighted by Crippen LogP contribution is -2.91. The van der Waals surface area contributed by atoms with Gasteiger partial charge in [0.05, 0.1) is 0 Å². The van der Waals surface area contributed by atoms with Crippen molar-refractivity contribution in [3.05, 3.63) is 29.8 Å². The summed E-state index contributed by atoms with van der Waals surface area (Å²) in [6.07, 6.45) is 29.1. The maximum atomic E-state index is 8.49. The van der Waals surface area contributed by atoms with Gasteiger partial charge in [-0.3, -0.25) is 0 Å². The van der Waals surface area contributed by atoms with Gasteiger partial charge in [-0.25, -0.2) is 0 Å². The minimum absolute atomic E-state index is 0.0236. The average molecular weight is 992 g/mol. The number of hydrogen-bond donors (Lipinski definition) is 0. The van der Waals surface area contributed by atoms with Gasteiger partial charge in [0.2, 0.25) is 0 Å². The molecule has 0 N–H and O–H groups in total. The Bertz CT molecular complexity index is 1650. The molecule has 62 heavy (non-hydrogen) atoms. The molecular formula is C42H70O12Si8. The molecule has 0 radical (unpaired) electrons. The third kappa shape index (κ3) is 6.64. The van der Waals surface area contributed by atoms with Gasteiger partial charge in [-0.1, -0.05) is 120 Å². The largest absolute Gasteiger partial charge is 0.515 e. The van der Waals surface area contributed by atoms with Crippen molar-refractivity contribution in [2.75, 3.05) is 0 Å². The lowest BCUT2D eigenvalue weighted by molar-refractivity contribution is -0.0427. The van der Waals surface area contributed by atoms with Crippen LogP contribution in [0, 0.1) is 6.92 Å². The van der Waals surface area contributed by atoms with Crippen LogP contribution in [-0.2, 0) is 49.4 Å². The molecule has 1 aromatic carbocycles. The van der Waals surface area contributed by atoms with E-state index in [1.165, 1.54) is 5.56 Å². The first-order valence-corrected chi connectivity index (χ1v) is 40.0. The lowest BCUT2D eigenvalue weighted by Gasteiger charge is -2.66. The van der Waals surface area contributed by atoms with Crippen LogP contribution in [0.4, 0.5) is 0 Å². The second-order valence-corrected chi connectivity index (χ2v) is 47.4. The molecule has 7 saturated carbocycles. The smallest absolute Gasteiger partial charge is 0.373 e. The molecule has 6 aliphatic heterocycles. The van der Waals surface area contributed by atoms with Crippen molar-refractivity contribution >= 4 is 75.6 Å². The third-order valence-corrected chi connectivity index (χ3v) is 57.0. The number of rotatable bonds is 8. The van der Waals surface area contributed by atoms with Crippen LogP contribution >= 0.6 is 0 Å². The zero-order chi connectivity index (χ0) is 41.3. The van der Waals surface area contributed by atoms with Crippen LogP contribution in [-0.4, -0.2) is 70.4 Å². The molecule has 6 saturated heterocycles. The van der Waals surface area contributed by atoms with Crippen LogP contribution in [0.25, 0.3) is 0 Å². The molecule has 6 heterocycles. The minimum Gasteiger partial charge on any atom is -0.373 e. The van der Waals surface area contributed by atoms with E-state index < -0.39 is 70.4 Å². The molecule has 8 bridgehead atoms. The molecule has 1 aromatic rings. The fraction of sp³-hybridized carbons (Fsp3) is 0.857. The van der Waals surface area contributed by atoms with Gasteiger partial charge in [-0.2, -0.15) is 0 Å². The molecule has 20 heteroatoms. The summed E-state index contributed by atoms with van der Waals surface area (Å²) >= 11 is 0. The summed E-state index contributed by atoms with van der Waals surface area (Å²) < 4.78 is 102. The maximum Gasteiger partial charge on any atom is 0.515 e. The summed E-state index contributed by atoms with van der Waals surface area (Å²) in [5.41, 5.74) is 1.48. The molecule has 12 nitrogen and oxygen atoms in total. The summed E-state index contributed by atoms with van der Waals surface area (Å²) in [7, 11) is -31.8. The quantitative estimate of drug-likeness (QED) is 0.231. The summed E-state index contributed by atoms with van der Waals surface area (Å²) in [4.78, 5) is 0. The van der Waals surface area contributed by atoms with Crippen molar-refractivity contribution in [3.8, 4) is 0 Å². The molecule has 0 amide bonds. The predicted octanol–water partition coefficient (Wildman–Crippen LogP) is 10.6. The minimum atomic E-state index is -4.19. The van der Waals surface area contributed by atoms with E-state index in [1.54, 1.807) is 0 Å². The standard InChI is InChI=1S/C42H70O12Si8/c1-34-30-32-42(33-31-34)62-52-59(39-24-10-11-25-39)46-56(36-18-4-5-19-36)43-55(35-16-2-3-17-35)44-57(48-59,37-20-6-7-21-37)50-61(54-62,41-28-14-15-29-41)51-58(45-55,38-22-8-9-23-38)49-60(47-56,53-62)40-26-12-13-27-40/h30-33,35-41H,2-29H2,1H3. The van der Waals surface area contributed by atoms with E-state index in [0.29, 0.717) is 0 Å². The topological polar surface area (TPSA) is 111 Å². The molecule has 13 fully saturated rings. The molecule has 13 aliphatic rings. The SMILES string of the molecule is Cc1ccc([Si]23O[Si]4(C5CCCC5)O[Si]5(C6CCCC6)O[Si](C6CCCC6)(O2)O[Si]2(C6CCCC6)O[Si](C6CCCC6)(O3)O[Si](C3CCCC3)(O4)O[Si](C3CCCC3)(O5)O2)cc1. The van der Waals surface area contributed by atoms with Crippen molar-refractivity contribution < 1.29 is 49.4 Å². The normalized spacial score (nSPS) is 47.5. The van der Waals surface area contributed by atoms with Gasteiger partial charge in [0, 0.05) is 44.0 Å². The first-order valence-electron chi connectivity index (χ1n) is 25.7. The highest BCUT2D eigenvalue weighted by Crippen LogP contribution is 2.66. The fourth-order valence-corrected chi connectivity index (χ4v) is 70.1. The molecule has 342 valence electrons. The zero-order valence-electron chi connectivity index (χ0n) is 37.0. The number of benzene rings is 1. The van der Waals surface area contributed by atoms with E-state index in [1.807, 2.05) is 0 Å². The van der Waals surface area contributed by atoms with E-state index in [-0.39, 0.29) is 38.8 Å². The van der Waals surface area contributed by atoms with Crippen molar-refractivity contribution in [3.63, 3.8) is 0 Å². The number of aryl methyl sites for hydroxylation is 1. The van der Waals surface area contributed by atoms with Crippen LogP contribution < -0.4 is 5.19 Å². The molecule has 0 aromatic heterocycles. The van der Waals surface area contributed by atoms with Crippen molar-refractivity contribution in [2.45, 2.75) is 225 Å². The summed E-state index contributed by atoms with van der Waals surface area (Å²) in [5, 5.41) is 0.918. The van der Waals surface area contributed by atoms with Gasteiger partial charge in [0.25, 0.3) is 0 Å². The first kappa shape index (κ1) is 42.6. The Balaban J connectivity index is 1.16. The van der Waals surface area contributed by atoms with E-state index in [4.69, 9.17) is 49.4 Å². The van der Waals surface area contributed by atoms with Crippen LogP contribution in [0.15, 0.2) is 24.3 Å². The molecule has 0 atom stereocenters. The molecular weight excluding hydrogens is 921 g/mol. The van der Waals surface area contributed by atoms with Crippen LogP contribution in [0.3, 0.4) is 0 Å². The zero-order valence-corrected chi connectivity index (χ0v) is 45.0. The summed E-state index contributed by atoms with van der Waals surface area (Å²) in [5.74, 6) is 0. The van der Waals surface area contributed by atoms with Crippen LogP contribution in [0.2, 0.25) is 38.8 Å². The first-order chi connectivity index (χ1) is 30.2. The third-order valence-electron chi connectivity index (χ3n) is 17.8. The Morgan fingerprint density at radius 2 is 0.452 bits per heavy atom. The maximum absolute atomic E-state index is 8.49. The van der Waals surface area contributed by atoms with Crippen LogP contribution in [0.1, 0.15) is 185 Å². The summed E-state index contributed by atoms with van der Waals surface area (Å²) in [6.45, 7) is 2.15. The van der Waals surface area contributed by atoms with Gasteiger partial charge in [0.1, 0.15) is 0 Å². The Labute approximate surface area is 378 Å². The molecule has 7 aliphatic carbocycles. The van der Waals surface area contributed by atoms with E-state index >= 15 is 0 Å². The van der Waals surface area contributed by atoms with Gasteiger partial charge in [-0.15, -0.1) is 0 Å². The molecule has 14 rings (SSSR count). The lowest BCUT2D eigenvalue weighted by atomic mass is 10.2. The molecule has 0 unspecified atom stereocenters. The summed E-state index contributed by atoms with van der Waals surface area (Å²) in [6, 6.07) is 8.78. The van der Waals surface area contributed by atoms with Gasteiger partial charge >= 0.3 is 70.4 Å². The number of hydrogen-bond acceptors (Lipinski definition) is 12. The Hall–Kier alpha value is 0.475. The van der Waals surface area contributed by atoms with Gasteiger partial charge in [0.15, 0.2) is 0 Å². The van der Waals surface area contributed by atoms with Gasteiger partial charge < -0.3 is 49.4 Å². The predicted molar refractivity (Wildman–Crippen MR) is 245 cm³/mol. The highest BCUT2D eigenvalue weighted by molar-refractivity contribution is 7.06. The highest BCUT2D eigenvalue weighted by Gasteiger charge is 2.88. The Morgan fingerprint density at radius 3 is 0.645 bits per heavy atom. The second-order valence-electron chi connectivity index (χ2n) is 21.7. The van der Waals surface area contributed by atoms with Crippen LogP contribution in [0.5, 0.6) is 0 Å². The van der Waals surface area contributed by atoms with Gasteiger partial charge in [-0.05, 0) is 96.8 Å². The fourth-order valence-electron chi connectivity index (χ4n) is 14.5. The van der Waals surface area contributed by atoms with Crippen molar-refractivity contribution in [1.82, 2.24) is 0 Å². The second kappa shape index (κ2) is 15.8. The van der Waals surface area contributed by atoms with E-state index in [0.717, 1.165) is 185 Å².